The maximum atomic E-state index is 12.5. The molecule has 140 valence electrons. The van der Waals surface area contributed by atoms with Crippen LogP contribution < -0.4 is 14.9 Å². The predicted octanol–water partition coefficient (Wildman–Crippen LogP) is 3.74. The molecule has 0 unspecified atom stereocenters. The van der Waals surface area contributed by atoms with E-state index < -0.39 is 0 Å². The number of amides is 1. The van der Waals surface area contributed by atoms with Crippen molar-refractivity contribution >= 4 is 23.0 Å². The molecular weight excluding hydrogens is 342 g/mol. The van der Waals surface area contributed by atoms with Gasteiger partial charge in [-0.05, 0) is 38.1 Å². The minimum atomic E-state index is -0.270. The number of hydrogen-bond donors (Lipinski definition) is 1. The molecule has 1 amide bonds. The van der Waals surface area contributed by atoms with E-state index in [-0.39, 0.29) is 5.91 Å². The number of aryl methyl sites for hydroxylation is 1. The summed E-state index contributed by atoms with van der Waals surface area (Å²) >= 11 is 0. The highest BCUT2D eigenvalue weighted by molar-refractivity contribution is 5.99. The van der Waals surface area contributed by atoms with Crippen LogP contribution in [0.3, 0.4) is 0 Å². The molecule has 1 N–H and O–H groups in total. The summed E-state index contributed by atoms with van der Waals surface area (Å²) in [5.41, 5.74) is 4.89. The SMILES string of the molecule is CCOc1ccc(/C=N/NC(=O)c2cc3ccccc3n2C)c(OCC)c1. The summed E-state index contributed by atoms with van der Waals surface area (Å²) in [5, 5.41) is 5.10. The Bertz CT molecular complexity index is 976. The highest BCUT2D eigenvalue weighted by atomic mass is 16.5. The number of hydrogen-bond acceptors (Lipinski definition) is 4. The molecule has 2 aromatic carbocycles. The summed E-state index contributed by atoms with van der Waals surface area (Å²) < 4.78 is 13.0. The van der Waals surface area contributed by atoms with E-state index in [1.54, 1.807) is 6.21 Å². The Hall–Kier alpha value is -3.28. The van der Waals surface area contributed by atoms with Crippen LogP contribution in [-0.2, 0) is 7.05 Å². The van der Waals surface area contributed by atoms with E-state index in [4.69, 9.17) is 9.47 Å². The van der Waals surface area contributed by atoms with Crippen LogP contribution in [0.1, 0.15) is 29.9 Å². The molecule has 0 aliphatic rings. The van der Waals surface area contributed by atoms with Gasteiger partial charge in [-0.15, -0.1) is 0 Å². The first-order valence-electron chi connectivity index (χ1n) is 8.91. The standard InChI is InChI=1S/C21H23N3O3/c1-4-26-17-11-10-16(20(13-17)27-5-2)14-22-23-21(25)19-12-15-8-6-7-9-18(15)24(19)3/h6-14H,4-5H2,1-3H3,(H,23,25)/b22-14+. The lowest BCUT2D eigenvalue weighted by Crippen LogP contribution is -2.20. The first-order chi connectivity index (χ1) is 13.1. The molecule has 0 radical (unpaired) electrons. The van der Waals surface area contributed by atoms with Crippen LogP contribution in [0.2, 0.25) is 0 Å². The average Bonchev–Trinajstić information content (AvgIpc) is 3.01. The third kappa shape index (κ3) is 4.11. The molecular formula is C21H23N3O3. The van der Waals surface area contributed by atoms with E-state index in [0.717, 1.165) is 22.2 Å². The minimum absolute atomic E-state index is 0.270. The number of carbonyl (C=O) groups is 1. The van der Waals surface area contributed by atoms with E-state index in [1.807, 2.05) is 74.0 Å². The highest BCUT2D eigenvalue weighted by Crippen LogP contribution is 2.24. The summed E-state index contributed by atoms with van der Waals surface area (Å²) in [6.07, 6.45) is 1.57. The summed E-state index contributed by atoms with van der Waals surface area (Å²) in [7, 11) is 1.86. The molecule has 0 aliphatic heterocycles. The maximum Gasteiger partial charge on any atom is 0.287 e. The van der Waals surface area contributed by atoms with Crippen molar-refractivity contribution in [1.82, 2.24) is 9.99 Å². The van der Waals surface area contributed by atoms with Gasteiger partial charge in [0.15, 0.2) is 0 Å². The topological polar surface area (TPSA) is 64.8 Å². The molecule has 0 saturated heterocycles. The number of ether oxygens (including phenoxy) is 2. The lowest BCUT2D eigenvalue weighted by molar-refractivity contribution is 0.0947. The van der Waals surface area contributed by atoms with Gasteiger partial charge in [-0.25, -0.2) is 5.43 Å². The third-order valence-electron chi connectivity index (χ3n) is 4.15. The first kappa shape index (κ1) is 18.5. The molecule has 0 aliphatic carbocycles. The number of carbonyl (C=O) groups excluding carboxylic acids is 1. The summed E-state index contributed by atoms with van der Waals surface area (Å²) in [6.45, 7) is 4.95. The van der Waals surface area contributed by atoms with E-state index in [9.17, 15) is 4.79 Å². The molecule has 3 aromatic rings. The third-order valence-corrected chi connectivity index (χ3v) is 4.15. The van der Waals surface area contributed by atoms with E-state index >= 15 is 0 Å². The normalized spacial score (nSPS) is 11.1. The Kier molecular flexibility index (Phi) is 5.76. The zero-order valence-electron chi connectivity index (χ0n) is 15.7. The summed E-state index contributed by atoms with van der Waals surface area (Å²) in [5.74, 6) is 1.12. The molecule has 6 heteroatoms. The Balaban J connectivity index is 1.76. The summed E-state index contributed by atoms with van der Waals surface area (Å²) in [6, 6.07) is 15.2. The van der Waals surface area contributed by atoms with Crippen LogP contribution in [0, 0.1) is 0 Å². The van der Waals surface area contributed by atoms with Gasteiger partial charge in [0.1, 0.15) is 17.2 Å². The number of hydrazone groups is 1. The van der Waals surface area contributed by atoms with Crippen molar-refractivity contribution in [3.63, 3.8) is 0 Å². The second kappa shape index (κ2) is 8.40. The fraction of sp³-hybridized carbons (Fsp3) is 0.238. The van der Waals surface area contributed by atoms with Crippen molar-refractivity contribution in [2.45, 2.75) is 13.8 Å². The van der Waals surface area contributed by atoms with Crippen LogP contribution in [0.5, 0.6) is 11.5 Å². The molecule has 0 spiro atoms. The number of fused-ring (bicyclic) bond motifs is 1. The fourth-order valence-electron chi connectivity index (χ4n) is 2.88. The van der Waals surface area contributed by atoms with Gasteiger partial charge in [0.25, 0.3) is 5.91 Å². The van der Waals surface area contributed by atoms with Crippen LogP contribution >= 0.6 is 0 Å². The van der Waals surface area contributed by atoms with Gasteiger partial charge < -0.3 is 14.0 Å². The first-order valence-corrected chi connectivity index (χ1v) is 8.91. The highest BCUT2D eigenvalue weighted by Gasteiger charge is 2.12. The monoisotopic (exact) mass is 365 g/mol. The van der Waals surface area contributed by atoms with Gasteiger partial charge in [0.05, 0.1) is 19.4 Å². The van der Waals surface area contributed by atoms with Crippen molar-refractivity contribution in [3.8, 4) is 11.5 Å². The minimum Gasteiger partial charge on any atom is -0.494 e. The largest absolute Gasteiger partial charge is 0.494 e. The molecule has 1 aromatic heterocycles. The van der Waals surface area contributed by atoms with Gasteiger partial charge in [-0.2, -0.15) is 5.10 Å². The van der Waals surface area contributed by atoms with Crippen molar-refractivity contribution < 1.29 is 14.3 Å². The van der Waals surface area contributed by atoms with Crippen LogP contribution in [0.25, 0.3) is 10.9 Å². The quantitative estimate of drug-likeness (QED) is 0.512. The summed E-state index contributed by atoms with van der Waals surface area (Å²) in [4.78, 5) is 12.5. The molecule has 27 heavy (non-hydrogen) atoms. The van der Waals surface area contributed by atoms with E-state index in [1.165, 1.54) is 0 Å². The van der Waals surface area contributed by atoms with Crippen molar-refractivity contribution in [3.05, 3.63) is 59.8 Å². The number of aromatic nitrogens is 1. The maximum absolute atomic E-state index is 12.5. The molecule has 0 saturated carbocycles. The number of benzene rings is 2. The van der Waals surface area contributed by atoms with Crippen molar-refractivity contribution in [2.24, 2.45) is 12.1 Å². The van der Waals surface area contributed by atoms with Crippen LogP contribution in [-0.4, -0.2) is 29.9 Å². The molecule has 0 bridgehead atoms. The second-order valence-electron chi connectivity index (χ2n) is 5.91. The van der Waals surface area contributed by atoms with E-state index in [0.29, 0.717) is 24.7 Å². The lowest BCUT2D eigenvalue weighted by atomic mass is 10.2. The van der Waals surface area contributed by atoms with Gasteiger partial charge >= 0.3 is 0 Å². The molecule has 0 fully saturated rings. The van der Waals surface area contributed by atoms with Gasteiger partial charge in [0.2, 0.25) is 0 Å². The van der Waals surface area contributed by atoms with Gasteiger partial charge in [-0.1, -0.05) is 18.2 Å². The smallest absolute Gasteiger partial charge is 0.287 e. The molecule has 0 atom stereocenters. The Morgan fingerprint density at radius 1 is 1.11 bits per heavy atom. The lowest BCUT2D eigenvalue weighted by Gasteiger charge is -2.10. The number of para-hydroxylation sites is 1. The number of nitrogens with zero attached hydrogens (tertiary/aromatic N) is 2. The zero-order valence-corrected chi connectivity index (χ0v) is 15.7. The Morgan fingerprint density at radius 3 is 2.63 bits per heavy atom. The number of nitrogens with one attached hydrogen (secondary N) is 1. The molecule has 3 rings (SSSR count). The zero-order chi connectivity index (χ0) is 19.2. The fourth-order valence-corrected chi connectivity index (χ4v) is 2.88. The van der Waals surface area contributed by atoms with Crippen molar-refractivity contribution in [2.75, 3.05) is 13.2 Å². The second-order valence-corrected chi connectivity index (χ2v) is 5.91. The van der Waals surface area contributed by atoms with Gasteiger partial charge in [-0.3, -0.25) is 4.79 Å². The van der Waals surface area contributed by atoms with E-state index in [2.05, 4.69) is 10.5 Å². The molecule has 1 heterocycles. The van der Waals surface area contributed by atoms with Gasteiger partial charge in [0, 0.05) is 29.6 Å². The molecule has 6 nitrogen and oxygen atoms in total. The Morgan fingerprint density at radius 2 is 1.89 bits per heavy atom. The Labute approximate surface area is 158 Å². The number of rotatable bonds is 7. The van der Waals surface area contributed by atoms with Crippen LogP contribution in [0.15, 0.2) is 53.6 Å². The predicted molar refractivity (Wildman–Crippen MR) is 107 cm³/mol. The average molecular weight is 365 g/mol. The van der Waals surface area contributed by atoms with Crippen molar-refractivity contribution in [1.29, 1.82) is 0 Å². The van der Waals surface area contributed by atoms with Crippen LogP contribution in [0.4, 0.5) is 0 Å².